The number of benzene rings is 2. The number of aromatic hydroxyl groups is 2. The Morgan fingerprint density at radius 1 is 0.625 bits per heavy atom. The molecule has 2 aromatic carbocycles. The van der Waals surface area contributed by atoms with Crippen LogP contribution in [0, 0.1) is 5.41 Å². The molecule has 0 saturated carbocycles. The third-order valence-corrected chi connectivity index (χ3v) is 4.03. The fourth-order valence-electron chi connectivity index (χ4n) is 1.97. The summed E-state index contributed by atoms with van der Waals surface area (Å²) in [5, 5.41) is 35.5. The van der Waals surface area contributed by atoms with E-state index in [2.05, 4.69) is 13.8 Å². The lowest BCUT2D eigenvalue weighted by Gasteiger charge is -2.26. The molecule has 0 spiro atoms. The molecule has 0 fully saturated rings. The van der Waals surface area contributed by atoms with Crippen LogP contribution in [0.2, 0.25) is 0 Å². The third kappa shape index (κ3) is 5.55. The molecule has 0 aliphatic carbocycles. The first-order valence-corrected chi connectivity index (χ1v) is 7.93. The second kappa shape index (κ2) is 8.18. The van der Waals surface area contributed by atoms with Crippen LogP contribution >= 0.6 is 0 Å². The van der Waals surface area contributed by atoms with E-state index < -0.39 is 0 Å². The van der Waals surface area contributed by atoms with Crippen LogP contribution in [0.15, 0.2) is 48.5 Å². The van der Waals surface area contributed by atoms with Crippen molar-refractivity contribution >= 4 is 0 Å². The summed E-state index contributed by atoms with van der Waals surface area (Å²) in [4.78, 5) is 0. The molecule has 0 saturated heterocycles. The van der Waals surface area contributed by atoms with Crippen LogP contribution in [0.3, 0.4) is 0 Å². The van der Waals surface area contributed by atoms with E-state index in [1.54, 1.807) is 38.1 Å². The van der Waals surface area contributed by atoms with Crippen LogP contribution in [0.4, 0.5) is 0 Å². The smallest absolute Gasteiger partial charge is 0.115 e. The standard InChI is InChI=1S/C15H16O2.C5H12O2/c1-15(2,11-3-7-13(16)8-4-11)12-5-9-14(17)10-6-12;1-5(2,3-6)4-7/h3-10,16-17H,1-2H3;6-7H,3-4H2,1-2H3. The zero-order valence-corrected chi connectivity index (χ0v) is 14.8. The minimum Gasteiger partial charge on any atom is -0.508 e. The maximum Gasteiger partial charge on any atom is 0.115 e. The summed E-state index contributed by atoms with van der Waals surface area (Å²) in [7, 11) is 0. The summed E-state index contributed by atoms with van der Waals surface area (Å²) in [6.07, 6.45) is 0. The van der Waals surface area contributed by atoms with E-state index in [1.165, 1.54) is 0 Å². The number of phenolic OH excluding ortho intramolecular Hbond substituents is 2. The van der Waals surface area contributed by atoms with Gasteiger partial charge < -0.3 is 20.4 Å². The zero-order chi connectivity index (χ0) is 18.4. The van der Waals surface area contributed by atoms with Gasteiger partial charge in [-0.25, -0.2) is 0 Å². The first-order valence-electron chi connectivity index (χ1n) is 7.93. The lowest BCUT2D eigenvalue weighted by atomic mass is 9.78. The van der Waals surface area contributed by atoms with Gasteiger partial charge in [-0.05, 0) is 35.4 Å². The highest BCUT2D eigenvalue weighted by Crippen LogP contribution is 2.32. The van der Waals surface area contributed by atoms with Gasteiger partial charge in [-0.2, -0.15) is 0 Å². The minimum atomic E-state index is -0.306. The number of hydrogen-bond donors (Lipinski definition) is 4. The molecule has 0 bridgehead atoms. The summed E-state index contributed by atoms with van der Waals surface area (Å²) in [6.45, 7) is 7.92. The number of aliphatic hydroxyl groups is 2. The molecule has 4 heteroatoms. The summed E-state index contributed by atoms with van der Waals surface area (Å²) in [5.74, 6) is 0.547. The Hall–Kier alpha value is -2.04. The zero-order valence-electron chi connectivity index (χ0n) is 14.8. The predicted octanol–water partition coefficient (Wildman–Crippen LogP) is 3.42. The molecule has 2 rings (SSSR count). The first kappa shape index (κ1) is 20.0. The van der Waals surface area contributed by atoms with Gasteiger partial charge in [0, 0.05) is 10.8 Å². The largest absolute Gasteiger partial charge is 0.508 e. The van der Waals surface area contributed by atoms with Gasteiger partial charge >= 0.3 is 0 Å². The Morgan fingerprint density at radius 2 is 0.917 bits per heavy atom. The lowest BCUT2D eigenvalue weighted by molar-refractivity contribution is 0.0857. The predicted molar refractivity (Wildman–Crippen MR) is 96.3 cm³/mol. The highest BCUT2D eigenvalue weighted by molar-refractivity contribution is 5.41. The molecular weight excluding hydrogens is 304 g/mol. The molecule has 0 aliphatic heterocycles. The van der Waals surface area contributed by atoms with Gasteiger partial charge in [0.15, 0.2) is 0 Å². The topological polar surface area (TPSA) is 80.9 Å². The molecule has 2 aromatic rings. The van der Waals surface area contributed by atoms with Gasteiger partial charge in [0.2, 0.25) is 0 Å². The van der Waals surface area contributed by atoms with Crippen LogP contribution < -0.4 is 0 Å². The van der Waals surface area contributed by atoms with E-state index in [-0.39, 0.29) is 35.5 Å². The Morgan fingerprint density at radius 3 is 1.12 bits per heavy atom. The molecule has 0 unspecified atom stereocenters. The maximum absolute atomic E-state index is 9.30. The van der Waals surface area contributed by atoms with E-state index in [9.17, 15) is 10.2 Å². The molecule has 0 heterocycles. The normalized spacial score (nSPS) is 11.6. The first-order chi connectivity index (χ1) is 11.1. The van der Waals surface area contributed by atoms with E-state index in [1.807, 2.05) is 24.3 Å². The van der Waals surface area contributed by atoms with Gasteiger partial charge in [0.25, 0.3) is 0 Å². The Kier molecular flexibility index (Phi) is 6.81. The molecule has 0 amide bonds. The quantitative estimate of drug-likeness (QED) is 0.691. The van der Waals surface area contributed by atoms with E-state index in [4.69, 9.17) is 10.2 Å². The van der Waals surface area contributed by atoms with Gasteiger partial charge in [-0.15, -0.1) is 0 Å². The molecule has 0 atom stereocenters. The SMILES string of the molecule is CC(C)(CO)CO.CC(C)(c1ccc(O)cc1)c1ccc(O)cc1. The maximum atomic E-state index is 9.30. The monoisotopic (exact) mass is 332 g/mol. The van der Waals surface area contributed by atoms with Gasteiger partial charge in [-0.1, -0.05) is 52.0 Å². The Balaban J connectivity index is 0.000000351. The van der Waals surface area contributed by atoms with Crippen LogP contribution in [0.1, 0.15) is 38.8 Å². The number of rotatable bonds is 4. The molecule has 132 valence electrons. The van der Waals surface area contributed by atoms with Gasteiger partial charge in [0.05, 0.1) is 13.2 Å². The van der Waals surface area contributed by atoms with E-state index in [0.29, 0.717) is 0 Å². The van der Waals surface area contributed by atoms with Gasteiger partial charge in [0.1, 0.15) is 11.5 Å². The fraction of sp³-hybridized carbons (Fsp3) is 0.400. The van der Waals surface area contributed by atoms with Crippen molar-refractivity contribution in [1.82, 2.24) is 0 Å². The summed E-state index contributed by atoms with van der Waals surface area (Å²) in [5.41, 5.74) is 1.79. The van der Waals surface area contributed by atoms with Crippen molar-refractivity contribution in [3.05, 3.63) is 59.7 Å². The Bertz CT molecular complexity index is 560. The lowest BCUT2D eigenvalue weighted by Crippen LogP contribution is -2.20. The second-order valence-corrected chi connectivity index (χ2v) is 7.20. The summed E-state index contributed by atoms with van der Waals surface area (Å²) < 4.78 is 0. The molecule has 4 nitrogen and oxygen atoms in total. The van der Waals surface area contributed by atoms with Crippen molar-refractivity contribution in [2.45, 2.75) is 33.1 Å². The van der Waals surface area contributed by atoms with Crippen LogP contribution in [-0.2, 0) is 5.41 Å². The van der Waals surface area contributed by atoms with Crippen molar-refractivity contribution < 1.29 is 20.4 Å². The third-order valence-electron chi connectivity index (χ3n) is 4.03. The van der Waals surface area contributed by atoms with Crippen molar-refractivity contribution in [3.8, 4) is 11.5 Å². The highest BCUT2D eigenvalue weighted by atomic mass is 16.3. The average Bonchev–Trinajstić information content (AvgIpc) is 2.56. The number of hydrogen-bond acceptors (Lipinski definition) is 4. The van der Waals surface area contributed by atoms with Crippen LogP contribution in [0.5, 0.6) is 11.5 Å². The molecule has 0 aromatic heterocycles. The highest BCUT2D eigenvalue weighted by Gasteiger charge is 2.22. The number of phenols is 2. The molecule has 0 radical (unpaired) electrons. The van der Waals surface area contributed by atoms with Crippen LogP contribution in [0.25, 0.3) is 0 Å². The average molecular weight is 332 g/mol. The molecule has 0 aliphatic rings. The van der Waals surface area contributed by atoms with E-state index in [0.717, 1.165) is 11.1 Å². The van der Waals surface area contributed by atoms with Crippen LogP contribution in [-0.4, -0.2) is 33.6 Å². The molecule has 4 N–H and O–H groups in total. The second-order valence-electron chi connectivity index (χ2n) is 7.20. The summed E-state index contributed by atoms with van der Waals surface area (Å²) in [6, 6.07) is 14.4. The van der Waals surface area contributed by atoms with Gasteiger partial charge in [-0.3, -0.25) is 0 Å². The van der Waals surface area contributed by atoms with E-state index >= 15 is 0 Å². The Labute approximate surface area is 144 Å². The summed E-state index contributed by atoms with van der Waals surface area (Å²) >= 11 is 0. The van der Waals surface area contributed by atoms with Crippen molar-refractivity contribution in [2.24, 2.45) is 5.41 Å². The number of aliphatic hydroxyl groups excluding tert-OH is 2. The molecule has 24 heavy (non-hydrogen) atoms. The van der Waals surface area contributed by atoms with Crippen molar-refractivity contribution in [1.29, 1.82) is 0 Å². The molecular formula is C20H28O4. The minimum absolute atomic E-state index is 0.0451. The van der Waals surface area contributed by atoms with Crippen molar-refractivity contribution in [3.63, 3.8) is 0 Å². The fourth-order valence-corrected chi connectivity index (χ4v) is 1.97. The van der Waals surface area contributed by atoms with Crippen molar-refractivity contribution in [2.75, 3.05) is 13.2 Å².